The van der Waals surface area contributed by atoms with E-state index in [-0.39, 0.29) is 47.6 Å². The zero-order chi connectivity index (χ0) is 49.8. The molecular weight excluding hydrogens is 929 g/mol. The van der Waals surface area contributed by atoms with Gasteiger partial charge in [-0.05, 0) is 74.2 Å². The van der Waals surface area contributed by atoms with E-state index in [0.717, 1.165) is 36.9 Å². The number of benzene rings is 3. The molecule has 364 valence electrons. The summed E-state index contributed by atoms with van der Waals surface area (Å²) in [7, 11) is -0.275. The minimum absolute atomic E-state index is 0.0597. The lowest BCUT2D eigenvalue weighted by Crippen LogP contribution is -2.32. The third-order valence-electron chi connectivity index (χ3n) is 10.3. The van der Waals surface area contributed by atoms with Crippen molar-refractivity contribution >= 4 is 50.1 Å². The number of para-hydroxylation sites is 1. The molecule has 0 bridgehead atoms. The van der Waals surface area contributed by atoms with Crippen LogP contribution in [-0.4, -0.2) is 75.0 Å². The fourth-order valence-corrected chi connectivity index (χ4v) is 7.08. The number of fused-ring (bicyclic) bond motifs is 2. The van der Waals surface area contributed by atoms with E-state index < -0.39 is 50.5 Å². The molecule has 0 fully saturated rings. The molecule has 1 amide bonds. The van der Waals surface area contributed by atoms with E-state index in [1.165, 1.54) is 47.8 Å². The van der Waals surface area contributed by atoms with Crippen molar-refractivity contribution in [1.29, 1.82) is 0 Å². The van der Waals surface area contributed by atoms with Gasteiger partial charge in [0.05, 0.1) is 6.26 Å². The predicted molar refractivity (Wildman–Crippen MR) is 250 cm³/mol. The van der Waals surface area contributed by atoms with Crippen molar-refractivity contribution in [2.24, 2.45) is 14.1 Å². The number of hydrogen-bond donors (Lipinski definition) is 4. The number of carbonyl (C=O) groups is 1. The van der Waals surface area contributed by atoms with Crippen LogP contribution in [0.25, 0.3) is 22.1 Å². The number of nitrogens with zero attached hydrogens (tertiary/aromatic N) is 6. The smallest absolute Gasteiger partial charge is 0.412 e. The summed E-state index contributed by atoms with van der Waals surface area (Å²) >= 11 is 0. The third-order valence-corrected chi connectivity index (χ3v) is 11.0. The van der Waals surface area contributed by atoms with Crippen LogP contribution >= 0.6 is 0 Å². The highest BCUT2D eigenvalue weighted by Gasteiger charge is 2.18. The van der Waals surface area contributed by atoms with E-state index in [1.54, 1.807) is 24.3 Å². The van der Waals surface area contributed by atoms with Gasteiger partial charge in [0.2, 0.25) is 21.9 Å². The largest absolute Gasteiger partial charge is 0.448 e. The van der Waals surface area contributed by atoms with Gasteiger partial charge < -0.3 is 30.2 Å². The molecule has 69 heavy (non-hydrogen) atoms. The summed E-state index contributed by atoms with van der Waals surface area (Å²) in [6.07, 6.45) is 6.07. The average Bonchev–Trinajstić information content (AvgIpc) is 3.31. The summed E-state index contributed by atoms with van der Waals surface area (Å²) in [4.78, 5) is 54.8. The topological polar surface area (TPSA) is 223 Å². The quantitative estimate of drug-likeness (QED) is 0.0620. The number of carbonyl (C=O) groups excluding carboxylic acids is 1. The highest BCUT2D eigenvalue weighted by atomic mass is 32.2. The maximum Gasteiger partial charge on any atom is 0.412 e. The Labute approximate surface area is 392 Å². The maximum atomic E-state index is 14.0. The molecule has 23 heteroatoms. The van der Waals surface area contributed by atoms with Gasteiger partial charge in [-0.2, -0.15) is 9.97 Å². The molecule has 0 radical (unpaired) electrons. The predicted octanol–water partition coefficient (Wildman–Crippen LogP) is 7.30. The summed E-state index contributed by atoms with van der Waals surface area (Å²) in [6.45, 7) is 4.54. The second-order valence-corrected chi connectivity index (χ2v) is 17.2. The summed E-state index contributed by atoms with van der Waals surface area (Å²) in [6, 6.07) is 17.0. The standard InChI is InChI=1S/C26H25F2N5O4.C20H23F2N5O4S/c1-3-18(11-12-29-26(35)36-19-7-5-4-6-8-19)31-25-30-15-16-13-22(24(34)33(2)23(16)32-25)37-21-10-9-17(27)14-20(21)28;1-4-14(7-8-24-32(3,29)30)25-20-23-11-12-9-17(19(28)27(2)18(12)26-20)31-16-6-5-13(21)10-15(16)22/h4-10,13-15,18H,3,11-12H2,1-2H3,(H,29,35)(H,30,31,32);5-6,9-11,14,24H,4,7-8H2,1-3H3,(H,23,25,26). The first-order valence-corrected chi connectivity index (χ1v) is 23.3. The van der Waals surface area contributed by atoms with Gasteiger partial charge in [0.25, 0.3) is 11.1 Å². The van der Waals surface area contributed by atoms with E-state index in [4.69, 9.17) is 14.2 Å². The van der Waals surface area contributed by atoms with Crippen molar-refractivity contribution in [2.75, 3.05) is 30.0 Å². The van der Waals surface area contributed by atoms with Gasteiger partial charge in [0.1, 0.15) is 28.7 Å². The zero-order valence-electron chi connectivity index (χ0n) is 37.9. The van der Waals surface area contributed by atoms with E-state index in [1.807, 2.05) is 19.9 Å². The number of amides is 1. The van der Waals surface area contributed by atoms with Crippen molar-refractivity contribution in [1.82, 2.24) is 39.1 Å². The average molecular weight is 977 g/mol. The second kappa shape index (κ2) is 22.9. The monoisotopic (exact) mass is 976 g/mol. The molecule has 2 unspecified atom stereocenters. The molecule has 0 aliphatic rings. The van der Waals surface area contributed by atoms with Crippen LogP contribution in [0, 0.1) is 23.3 Å². The lowest BCUT2D eigenvalue weighted by Gasteiger charge is -2.18. The van der Waals surface area contributed by atoms with E-state index >= 15 is 0 Å². The van der Waals surface area contributed by atoms with Crippen LogP contribution in [0.2, 0.25) is 0 Å². The Morgan fingerprint density at radius 1 is 0.667 bits per heavy atom. The molecule has 0 aliphatic heterocycles. The Morgan fingerprint density at radius 2 is 1.13 bits per heavy atom. The number of anilines is 2. The molecule has 2 atom stereocenters. The summed E-state index contributed by atoms with van der Waals surface area (Å²) in [5, 5.41) is 10.0. The Bertz CT molecular complexity index is 3180. The molecule has 0 spiro atoms. The van der Waals surface area contributed by atoms with Crippen molar-refractivity contribution in [3.8, 4) is 28.7 Å². The SMILES string of the molecule is CCC(CCNC(=O)Oc1ccccc1)Nc1ncc2cc(Oc3ccc(F)cc3F)c(=O)n(C)c2n1.CCC(CCNS(C)(=O)=O)Nc1ncc2cc(Oc3ccc(F)cc3F)c(=O)n(C)c2n1. The first-order chi connectivity index (χ1) is 32.9. The Hall–Kier alpha value is -7.66. The van der Waals surface area contributed by atoms with E-state index in [0.29, 0.717) is 71.7 Å². The maximum absolute atomic E-state index is 14.0. The van der Waals surface area contributed by atoms with Gasteiger partial charge in [-0.1, -0.05) is 32.0 Å². The molecule has 3 aromatic carbocycles. The van der Waals surface area contributed by atoms with Crippen LogP contribution in [0.5, 0.6) is 28.7 Å². The normalized spacial score (nSPS) is 12.1. The van der Waals surface area contributed by atoms with E-state index in [9.17, 15) is 40.4 Å². The highest BCUT2D eigenvalue weighted by Crippen LogP contribution is 2.27. The summed E-state index contributed by atoms with van der Waals surface area (Å²) in [5.74, 6) is -3.19. The molecule has 4 N–H and O–H groups in total. The van der Waals surface area contributed by atoms with Crippen LogP contribution in [0.15, 0.2) is 101 Å². The number of hydrogen-bond acceptors (Lipinski definition) is 14. The Kier molecular flexibility index (Phi) is 16.8. The zero-order valence-corrected chi connectivity index (χ0v) is 38.7. The number of pyridine rings is 2. The third kappa shape index (κ3) is 13.9. The second-order valence-electron chi connectivity index (χ2n) is 15.4. The Balaban J connectivity index is 0.000000229. The molecule has 4 aromatic heterocycles. The van der Waals surface area contributed by atoms with Gasteiger partial charge in [0, 0.05) is 74.6 Å². The van der Waals surface area contributed by atoms with Crippen LogP contribution in [-0.2, 0) is 24.1 Å². The molecule has 0 saturated heterocycles. The number of aromatic nitrogens is 6. The lowest BCUT2D eigenvalue weighted by molar-refractivity contribution is 0.200. The molecular formula is C46H48F4N10O8S. The van der Waals surface area contributed by atoms with E-state index in [2.05, 4.69) is 40.6 Å². The van der Waals surface area contributed by atoms with Crippen molar-refractivity contribution < 1.29 is 45.0 Å². The van der Waals surface area contributed by atoms with Gasteiger partial charge in [-0.3, -0.25) is 18.7 Å². The number of nitrogens with one attached hydrogen (secondary N) is 4. The molecule has 0 saturated carbocycles. The molecule has 18 nitrogen and oxygen atoms in total. The van der Waals surface area contributed by atoms with Crippen LogP contribution < -0.4 is 46.0 Å². The van der Waals surface area contributed by atoms with Crippen molar-refractivity contribution in [3.05, 3.63) is 135 Å². The highest BCUT2D eigenvalue weighted by molar-refractivity contribution is 7.88. The number of halogens is 4. The van der Waals surface area contributed by atoms with Crippen LogP contribution in [0.1, 0.15) is 39.5 Å². The fraction of sp³-hybridized carbons (Fsp3) is 0.283. The van der Waals surface area contributed by atoms with Gasteiger partial charge >= 0.3 is 6.09 Å². The first kappa shape index (κ1) is 50.7. The lowest BCUT2D eigenvalue weighted by atomic mass is 10.1. The van der Waals surface area contributed by atoms with Crippen molar-refractivity contribution in [2.45, 2.75) is 51.6 Å². The Morgan fingerprint density at radius 3 is 1.57 bits per heavy atom. The number of ether oxygens (including phenoxy) is 3. The van der Waals surface area contributed by atoms with Gasteiger partial charge in [-0.25, -0.2) is 45.5 Å². The molecule has 0 aliphatic carbocycles. The molecule has 7 rings (SSSR count). The molecule has 4 heterocycles. The fourth-order valence-electron chi connectivity index (χ4n) is 6.59. The minimum atomic E-state index is -3.27. The first-order valence-electron chi connectivity index (χ1n) is 21.4. The molecule has 7 aromatic rings. The summed E-state index contributed by atoms with van der Waals surface area (Å²) in [5.41, 5.74) is -0.443. The van der Waals surface area contributed by atoms with Crippen LogP contribution in [0.3, 0.4) is 0 Å². The van der Waals surface area contributed by atoms with Crippen molar-refractivity contribution in [3.63, 3.8) is 0 Å². The van der Waals surface area contributed by atoms with Crippen LogP contribution in [0.4, 0.5) is 34.3 Å². The summed E-state index contributed by atoms with van der Waals surface area (Å²) < 4.78 is 97.5. The number of aryl methyl sites for hydroxylation is 2. The number of sulfonamides is 1. The number of rotatable bonds is 18. The van der Waals surface area contributed by atoms with Gasteiger partial charge in [0.15, 0.2) is 34.6 Å². The minimum Gasteiger partial charge on any atom is -0.448 e. The van der Waals surface area contributed by atoms with Gasteiger partial charge in [-0.15, -0.1) is 0 Å².